The van der Waals surface area contributed by atoms with E-state index in [2.05, 4.69) is 13.2 Å². The highest BCUT2D eigenvalue weighted by Gasteiger charge is 2.77. The number of aliphatic hydroxyl groups is 1. The zero-order valence-corrected chi connectivity index (χ0v) is 23.8. The zero-order valence-electron chi connectivity index (χ0n) is 23.0. The normalized spacial score (nSPS) is 28.7. The Hall–Kier alpha value is -2.78. The van der Waals surface area contributed by atoms with Crippen molar-refractivity contribution >= 4 is 35.2 Å². The minimum atomic E-state index is -0.763. The number of allylic oxidation sites excluding steroid dienone is 1. The number of amides is 2. The number of methoxy groups -OCH3 is 1. The number of rotatable bonds is 14. The molecule has 2 amide bonds. The first-order chi connectivity index (χ1) is 18.8. The van der Waals surface area contributed by atoms with Crippen LogP contribution in [0.3, 0.4) is 0 Å². The lowest BCUT2D eigenvalue weighted by molar-refractivity contribution is -0.155. The number of likely N-dealkylation sites (tertiary alicyclic amines) is 1. The third-order valence-corrected chi connectivity index (χ3v) is 10.3. The molecular weight excluding hydrogens is 516 g/mol. The lowest BCUT2D eigenvalue weighted by Crippen LogP contribution is -2.55. The van der Waals surface area contributed by atoms with Gasteiger partial charge in [-0.3, -0.25) is 14.4 Å². The number of benzene rings is 1. The number of hydrogen-bond donors (Lipinski definition) is 1. The average Bonchev–Trinajstić information content (AvgIpc) is 3.50. The molecule has 3 aliphatic heterocycles. The Kier molecular flexibility index (Phi) is 9.11. The van der Waals surface area contributed by atoms with Crippen LogP contribution < -0.4 is 9.64 Å². The van der Waals surface area contributed by atoms with Crippen LogP contribution in [0.15, 0.2) is 49.6 Å². The van der Waals surface area contributed by atoms with Crippen LogP contribution in [0.5, 0.6) is 5.75 Å². The molecule has 0 aromatic heterocycles. The van der Waals surface area contributed by atoms with Gasteiger partial charge >= 0.3 is 5.97 Å². The van der Waals surface area contributed by atoms with Gasteiger partial charge in [0, 0.05) is 30.1 Å². The molecule has 8 nitrogen and oxygen atoms in total. The summed E-state index contributed by atoms with van der Waals surface area (Å²) in [5.41, 5.74) is 0.675. The monoisotopic (exact) mass is 556 g/mol. The third kappa shape index (κ3) is 5.23. The highest BCUT2D eigenvalue weighted by molar-refractivity contribution is 8.02. The maximum absolute atomic E-state index is 14.4. The van der Waals surface area contributed by atoms with Crippen LogP contribution in [-0.4, -0.2) is 76.7 Å². The van der Waals surface area contributed by atoms with Crippen molar-refractivity contribution in [1.82, 2.24) is 4.90 Å². The molecule has 4 rings (SSSR count). The smallest absolute Gasteiger partial charge is 0.311 e. The summed E-state index contributed by atoms with van der Waals surface area (Å²) < 4.78 is 9.77. The second-order valence-corrected chi connectivity index (χ2v) is 12.6. The Morgan fingerprint density at radius 2 is 1.92 bits per heavy atom. The summed E-state index contributed by atoms with van der Waals surface area (Å²) in [6.07, 6.45) is 7.72. The number of nitrogens with zero attached hydrogens (tertiary/aromatic N) is 2. The minimum Gasteiger partial charge on any atom is -0.497 e. The van der Waals surface area contributed by atoms with Crippen LogP contribution >= 0.6 is 11.8 Å². The fourth-order valence-corrected chi connectivity index (χ4v) is 8.90. The number of thioether (sulfide) groups is 1. The number of anilines is 1. The number of ether oxygens (including phenoxy) is 2. The Morgan fingerprint density at radius 1 is 1.18 bits per heavy atom. The van der Waals surface area contributed by atoms with E-state index in [9.17, 15) is 19.5 Å². The Morgan fingerprint density at radius 3 is 2.56 bits per heavy atom. The van der Waals surface area contributed by atoms with Crippen molar-refractivity contribution in [2.45, 2.75) is 61.0 Å². The summed E-state index contributed by atoms with van der Waals surface area (Å²) in [5, 5.41) is 9.59. The van der Waals surface area contributed by atoms with E-state index < -0.39 is 27.4 Å². The summed E-state index contributed by atoms with van der Waals surface area (Å²) >= 11 is 1.62. The topological polar surface area (TPSA) is 96.4 Å². The van der Waals surface area contributed by atoms with Crippen molar-refractivity contribution in [1.29, 1.82) is 0 Å². The number of fused-ring (bicyclic) bond motifs is 1. The van der Waals surface area contributed by atoms with Crippen LogP contribution in [0.4, 0.5) is 5.69 Å². The fourth-order valence-electron chi connectivity index (χ4n) is 6.56. The predicted octanol–water partition coefficient (Wildman–Crippen LogP) is 3.98. The molecule has 1 N–H and O–H groups in total. The van der Waals surface area contributed by atoms with Gasteiger partial charge in [0.1, 0.15) is 11.8 Å². The summed E-state index contributed by atoms with van der Waals surface area (Å²) in [5.74, 6) is -1.34. The van der Waals surface area contributed by atoms with E-state index in [1.165, 1.54) is 0 Å². The largest absolute Gasteiger partial charge is 0.497 e. The van der Waals surface area contributed by atoms with Gasteiger partial charge in [-0.05, 0) is 69.7 Å². The molecule has 212 valence electrons. The van der Waals surface area contributed by atoms with Gasteiger partial charge in [0.15, 0.2) is 0 Å². The predicted molar refractivity (Wildman–Crippen MR) is 153 cm³/mol. The van der Waals surface area contributed by atoms with Gasteiger partial charge in [-0.1, -0.05) is 12.2 Å². The molecule has 1 aromatic carbocycles. The van der Waals surface area contributed by atoms with E-state index in [0.29, 0.717) is 30.9 Å². The standard InChI is InChI=1S/C30H40N2O6S/c1-5-7-8-9-20-38-28(36)24-23-26(34)32(18-10-19-33)25(30(23)16-15-29(24,3)39-30)27(35)31(17-6-2)21-11-13-22(37-4)14-12-21/h5-6,11-14,23-25,33H,1-2,7-10,15-20H2,3-4H3/t23-,24+,25?,29-,30?/m0/s1. The lowest BCUT2D eigenvalue weighted by atomic mass is 9.66. The lowest BCUT2D eigenvalue weighted by Gasteiger charge is -2.37. The number of carbonyl (C=O) groups excluding carboxylic acids is 3. The van der Waals surface area contributed by atoms with Crippen molar-refractivity contribution in [3.63, 3.8) is 0 Å². The zero-order chi connectivity index (χ0) is 28.2. The summed E-state index contributed by atoms with van der Waals surface area (Å²) in [7, 11) is 1.58. The summed E-state index contributed by atoms with van der Waals surface area (Å²) in [6, 6.07) is 6.46. The van der Waals surface area contributed by atoms with E-state index in [0.717, 1.165) is 25.7 Å². The number of unbranched alkanes of at least 4 members (excludes halogenated alkanes) is 2. The van der Waals surface area contributed by atoms with E-state index in [1.807, 2.05) is 25.1 Å². The van der Waals surface area contributed by atoms with Crippen molar-refractivity contribution in [3.8, 4) is 5.75 Å². The van der Waals surface area contributed by atoms with Crippen LogP contribution in [-0.2, 0) is 19.1 Å². The molecule has 39 heavy (non-hydrogen) atoms. The van der Waals surface area contributed by atoms with E-state index in [1.54, 1.807) is 46.9 Å². The van der Waals surface area contributed by atoms with Crippen molar-refractivity contribution < 1.29 is 29.0 Å². The first kappa shape index (κ1) is 29.2. The Bertz CT molecular complexity index is 1090. The van der Waals surface area contributed by atoms with Crippen LogP contribution in [0, 0.1) is 11.8 Å². The minimum absolute atomic E-state index is 0.0990. The molecule has 1 aromatic rings. The molecular formula is C30H40N2O6S. The number of aliphatic hydroxyl groups excluding tert-OH is 1. The van der Waals surface area contributed by atoms with Gasteiger partial charge in [0.25, 0.3) is 5.91 Å². The SMILES string of the molecule is C=CCCCCOC(=O)[C@H]1[C@H]2C(=O)N(CCCO)C(C(=O)N(CC=C)c3ccc(OC)cc3)C23CC[C@]1(C)S3. The van der Waals surface area contributed by atoms with Gasteiger partial charge < -0.3 is 24.4 Å². The molecule has 5 atom stereocenters. The molecule has 2 bridgehead atoms. The van der Waals surface area contributed by atoms with Crippen molar-refractivity contribution in [2.75, 3.05) is 38.3 Å². The summed E-state index contributed by atoms with van der Waals surface area (Å²) in [6.45, 7) is 10.3. The molecule has 3 aliphatic rings. The molecule has 0 aliphatic carbocycles. The number of hydrogen-bond acceptors (Lipinski definition) is 7. The molecule has 3 saturated heterocycles. The second-order valence-electron chi connectivity index (χ2n) is 10.7. The molecule has 3 heterocycles. The maximum Gasteiger partial charge on any atom is 0.311 e. The van der Waals surface area contributed by atoms with Crippen molar-refractivity contribution in [2.24, 2.45) is 11.8 Å². The van der Waals surface area contributed by atoms with Crippen LogP contribution in [0.1, 0.15) is 45.4 Å². The quantitative estimate of drug-likeness (QED) is 0.210. The molecule has 1 spiro atoms. The van der Waals surface area contributed by atoms with Crippen LogP contribution in [0.25, 0.3) is 0 Å². The van der Waals surface area contributed by atoms with Gasteiger partial charge in [-0.2, -0.15) is 0 Å². The first-order valence-electron chi connectivity index (χ1n) is 13.7. The van der Waals surface area contributed by atoms with Crippen molar-refractivity contribution in [3.05, 3.63) is 49.6 Å². The average molecular weight is 557 g/mol. The van der Waals surface area contributed by atoms with Crippen LogP contribution in [0.2, 0.25) is 0 Å². The highest BCUT2D eigenvalue weighted by Crippen LogP contribution is 2.71. The molecule has 2 unspecified atom stereocenters. The number of esters is 1. The molecule has 3 fully saturated rings. The third-order valence-electron chi connectivity index (χ3n) is 8.33. The molecule has 9 heteroatoms. The highest BCUT2D eigenvalue weighted by atomic mass is 32.2. The van der Waals surface area contributed by atoms with Gasteiger partial charge in [-0.15, -0.1) is 24.9 Å². The van der Waals surface area contributed by atoms with E-state index in [-0.39, 0.29) is 37.5 Å². The van der Waals surface area contributed by atoms with E-state index in [4.69, 9.17) is 9.47 Å². The maximum atomic E-state index is 14.4. The van der Waals surface area contributed by atoms with Gasteiger partial charge in [0.05, 0.1) is 30.3 Å². The Balaban J connectivity index is 1.67. The second kappa shape index (κ2) is 12.2. The first-order valence-corrected chi connectivity index (χ1v) is 14.5. The Labute approximate surface area is 235 Å². The summed E-state index contributed by atoms with van der Waals surface area (Å²) in [4.78, 5) is 45.3. The number of carbonyl (C=O) groups is 3. The fraction of sp³-hybridized carbons (Fsp3) is 0.567. The van der Waals surface area contributed by atoms with Gasteiger partial charge in [-0.25, -0.2) is 0 Å². The van der Waals surface area contributed by atoms with E-state index >= 15 is 0 Å². The molecule has 0 radical (unpaired) electrons. The van der Waals surface area contributed by atoms with Gasteiger partial charge in [0.2, 0.25) is 5.91 Å². The molecule has 0 saturated carbocycles.